The van der Waals surface area contributed by atoms with Gasteiger partial charge in [0.25, 0.3) is 0 Å². The zero-order valence-electron chi connectivity index (χ0n) is 16.9. The summed E-state index contributed by atoms with van der Waals surface area (Å²) in [6.07, 6.45) is 4.81. The van der Waals surface area contributed by atoms with Crippen LogP contribution in [-0.2, 0) is 6.42 Å². The molecule has 0 fully saturated rings. The Morgan fingerprint density at radius 3 is 2.33 bits per heavy atom. The maximum atomic E-state index is 5.33. The van der Waals surface area contributed by atoms with E-state index in [2.05, 4.69) is 68.0 Å². The predicted molar refractivity (Wildman–Crippen MR) is 111 cm³/mol. The number of hydrogen-bond acceptors (Lipinski definition) is 3. The van der Waals surface area contributed by atoms with Gasteiger partial charge in [-0.3, -0.25) is 4.98 Å². The molecule has 0 aliphatic rings. The quantitative estimate of drug-likeness (QED) is 0.546. The summed E-state index contributed by atoms with van der Waals surface area (Å²) in [6.45, 7) is 8.73. The molecule has 0 bridgehead atoms. The summed E-state index contributed by atoms with van der Waals surface area (Å²) in [5.74, 6) is 1.45. The molecule has 3 aromatic rings. The van der Waals surface area contributed by atoms with E-state index in [0.717, 1.165) is 12.1 Å². The zero-order chi connectivity index (χ0) is 19.4. The van der Waals surface area contributed by atoms with E-state index in [9.17, 15) is 0 Å². The minimum absolute atomic E-state index is 0.392. The Labute approximate surface area is 162 Å². The summed E-state index contributed by atoms with van der Waals surface area (Å²) >= 11 is 0. The zero-order valence-corrected chi connectivity index (χ0v) is 16.9. The average molecular weight is 361 g/mol. The summed E-state index contributed by atoms with van der Waals surface area (Å²) in [7, 11) is 1.66. The molecule has 0 saturated heterocycles. The van der Waals surface area contributed by atoms with Crippen LogP contribution >= 0.6 is 0 Å². The number of nitrogens with zero attached hydrogens (tertiary/aromatic N) is 2. The number of rotatable bonds is 6. The first kappa shape index (κ1) is 19.1. The lowest BCUT2D eigenvalue weighted by Crippen LogP contribution is -2.01. The first-order chi connectivity index (χ1) is 13.0. The molecule has 2 heterocycles. The van der Waals surface area contributed by atoms with Crippen molar-refractivity contribution in [2.45, 2.75) is 46.0 Å². The maximum absolute atomic E-state index is 5.33. The Morgan fingerprint density at radius 1 is 0.963 bits per heavy atom. The van der Waals surface area contributed by atoms with E-state index in [-0.39, 0.29) is 0 Å². The fourth-order valence-corrected chi connectivity index (χ4v) is 3.38. The molecule has 2 aromatic heterocycles. The smallest absolute Gasteiger partial charge is 0.213 e. The van der Waals surface area contributed by atoms with Gasteiger partial charge in [0, 0.05) is 30.1 Å². The van der Waals surface area contributed by atoms with Crippen molar-refractivity contribution in [2.24, 2.45) is 0 Å². The number of aromatic nitrogens is 2. The fraction of sp³-hybridized carbons (Fsp3) is 0.333. The molecule has 3 nitrogen and oxygen atoms in total. The van der Waals surface area contributed by atoms with Crippen LogP contribution in [0.4, 0.5) is 0 Å². The summed E-state index contributed by atoms with van der Waals surface area (Å²) in [5, 5.41) is 0. The third-order valence-electron chi connectivity index (χ3n) is 4.99. The van der Waals surface area contributed by atoms with Crippen LogP contribution in [0.15, 0.2) is 54.9 Å². The van der Waals surface area contributed by atoms with Crippen molar-refractivity contribution in [3.8, 4) is 17.0 Å². The number of aryl methyl sites for hydroxylation is 1. The molecule has 0 N–H and O–H groups in total. The number of pyridine rings is 2. The monoisotopic (exact) mass is 360 g/mol. The van der Waals surface area contributed by atoms with Gasteiger partial charge in [-0.1, -0.05) is 45.0 Å². The van der Waals surface area contributed by atoms with Crippen LogP contribution < -0.4 is 4.74 Å². The lowest BCUT2D eigenvalue weighted by atomic mass is 9.92. The van der Waals surface area contributed by atoms with Crippen molar-refractivity contribution in [3.63, 3.8) is 0 Å². The van der Waals surface area contributed by atoms with Gasteiger partial charge in [0.1, 0.15) is 0 Å². The summed E-state index contributed by atoms with van der Waals surface area (Å²) in [5.41, 5.74) is 7.36. The predicted octanol–water partition coefficient (Wildman–Crippen LogP) is 5.93. The second-order valence-electron chi connectivity index (χ2n) is 7.53. The van der Waals surface area contributed by atoms with Crippen LogP contribution in [0.2, 0.25) is 0 Å². The maximum Gasteiger partial charge on any atom is 0.213 e. The molecule has 0 amide bonds. The fourth-order valence-electron chi connectivity index (χ4n) is 3.38. The van der Waals surface area contributed by atoms with Gasteiger partial charge >= 0.3 is 0 Å². The molecular weight excluding hydrogens is 332 g/mol. The van der Waals surface area contributed by atoms with Gasteiger partial charge in [0.15, 0.2) is 0 Å². The lowest BCUT2D eigenvalue weighted by molar-refractivity contribution is 0.397. The Morgan fingerprint density at radius 2 is 1.70 bits per heavy atom. The van der Waals surface area contributed by atoms with Crippen LogP contribution in [0.1, 0.15) is 55.0 Å². The Hall–Kier alpha value is -2.68. The van der Waals surface area contributed by atoms with Crippen molar-refractivity contribution in [3.05, 3.63) is 77.2 Å². The van der Waals surface area contributed by atoms with Crippen LogP contribution in [0.3, 0.4) is 0 Å². The first-order valence-electron chi connectivity index (χ1n) is 9.53. The van der Waals surface area contributed by atoms with Gasteiger partial charge in [-0.25, -0.2) is 4.98 Å². The number of methoxy groups -OCH3 is 1. The molecule has 27 heavy (non-hydrogen) atoms. The van der Waals surface area contributed by atoms with Gasteiger partial charge in [-0.2, -0.15) is 0 Å². The van der Waals surface area contributed by atoms with Gasteiger partial charge in [0.05, 0.1) is 7.11 Å². The minimum Gasteiger partial charge on any atom is -0.481 e. The van der Waals surface area contributed by atoms with E-state index in [0.29, 0.717) is 17.7 Å². The molecule has 0 aliphatic heterocycles. The van der Waals surface area contributed by atoms with E-state index in [1.165, 1.54) is 27.8 Å². The Bertz CT molecular complexity index is 901. The highest BCUT2D eigenvalue weighted by atomic mass is 16.5. The number of benzene rings is 1. The van der Waals surface area contributed by atoms with Crippen molar-refractivity contribution < 1.29 is 4.74 Å². The normalized spacial score (nSPS) is 12.2. The van der Waals surface area contributed by atoms with Gasteiger partial charge in [0.2, 0.25) is 5.88 Å². The number of hydrogen-bond donors (Lipinski definition) is 0. The van der Waals surface area contributed by atoms with Crippen molar-refractivity contribution in [1.29, 1.82) is 0 Å². The average Bonchev–Trinajstić information content (AvgIpc) is 2.68. The van der Waals surface area contributed by atoms with Gasteiger partial charge in [-0.15, -0.1) is 0 Å². The molecule has 0 spiro atoms. The van der Waals surface area contributed by atoms with Crippen molar-refractivity contribution in [1.82, 2.24) is 9.97 Å². The second-order valence-corrected chi connectivity index (χ2v) is 7.53. The van der Waals surface area contributed by atoms with Crippen molar-refractivity contribution >= 4 is 0 Å². The van der Waals surface area contributed by atoms with Crippen LogP contribution in [-0.4, -0.2) is 17.1 Å². The van der Waals surface area contributed by atoms with E-state index >= 15 is 0 Å². The van der Waals surface area contributed by atoms with E-state index < -0.39 is 0 Å². The molecule has 3 rings (SSSR count). The van der Waals surface area contributed by atoms with Crippen LogP contribution in [0, 0.1) is 6.92 Å². The highest BCUT2D eigenvalue weighted by Crippen LogP contribution is 2.31. The van der Waals surface area contributed by atoms with Crippen molar-refractivity contribution in [2.75, 3.05) is 7.11 Å². The van der Waals surface area contributed by atoms with E-state index in [1.807, 2.05) is 24.5 Å². The van der Waals surface area contributed by atoms with Gasteiger partial charge in [-0.05, 0) is 59.2 Å². The summed E-state index contributed by atoms with van der Waals surface area (Å²) in [4.78, 5) is 8.90. The molecule has 1 atom stereocenters. The van der Waals surface area contributed by atoms with Gasteiger partial charge < -0.3 is 4.74 Å². The highest BCUT2D eigenvalue weighted by Gasteiger charge is 2.12. The second kappa shape index (κ2) is 8.34. The topological polar surface area (TPSA) is 35.0 Å². The molecule has 140 valence electrons. The molecule has 1 aromatic carbocycles. The molecule has 0 aliphatic carbocycles. The minimum atomic E-state index is 0.392. The molecule has 0 saturated carbocycles. The Balaban J connectivity index is 1.83. The highest BCUT2D eigenvalue weighted by molar-refractivity contribution is 5.69. The molecule has 0 radical (unpaired) electrons. The third-order valence-corrected chi connectivity index (χ3v) is 4.99. The molecular formula is C24H28N2O. The first-order valence-corrected chi connectivity index (χ1v) is 9.53. The third kappa shape index (κ3) is 4.54. The van der Waals surface area contributed by atoms with Crippen LogP contribution in [0.5, 0.6) is 5.88 Å². The molecule has 1 unspecified atom stereocenters. The number of ether oxygens (including phenoxy) is 1. The van der Waals surface area contributed by atoms with Crippen LogP contribution in [0.25, 0.3) is 11.1 Å². The SMILES string of the molecule is COc1cc(-c2ccc(CC(C)c3cc(C)ccn3)cc2)c(C(C)C)cn1. The molecule has 3 heteroatoms. The lowest BCUT2D eigenvalue weighted by Gasteiger charge is -2.15. The largest absolute Gasteiger partial charge is 0.481 e. The summed E-state index contributed by atoms with van der Waals surface area (Å²) in [6, 6.07) is 15.1. The summed E-state index contributed by atoms with van der Waals surface area (Å²) < 4.78 is 5.33. The Kier molecular flexibility index (Phi) is 5.90. The van der Waals surface area contributed by atoms with E-state index in [1.54, 1.807) is 7.11 Å². The standard InChI is InChI=1S/C24H28N2O/c1-16(2)22-15-26-24(27-5)14-21(22)20-8-6-19(7-9-20)13-18(4)23-12-17(3)10-11-25-23/h6-12,14-16,18H,13H2,1-5H3. The van der Waals surface area contributed by atoms with E-state index in [4.69, 9.17) is 4.74 Å².